The van der Waals surface area contributed by atoms with Crippen molar-refractivity contribution in [3.05, 3.63) is 60.3 Å². The highest BCUT2D eigenvalue weighted by molar-refractivity contribution is 5.31. The fourth-order valence-corrected chi connectivity index (χ4v) is 2.01. The highest BCUT2D eigenvalue weighted by Crippen LogP contribution is 2.13. The van der Waals surface area contributed by atoms with Crippen LogP contribution in [0.15, 0.2) is 54.7 Å². The summed E-state index contributed by atoms with van der Waals surface area (Å²) in [6.45, 7) is 2.91. The average molecular weight is 256 g/mol. The molecule has 2 aromatic rings. The molecule has 19 heavy (non-hydrogen) atoms. The van der Waals surface area contributed by atoms with Gasteiger partial charge in [-0.1, -0.05) is 36.4 Å². The first-order valence-electron chi connectivity index (χ1n) is 6.68. The van der Waals surface area contributed by atoms with Crippen molar-refractivity contribution in [3.63, 3.8) is 0 Å². The average Bonchev–Trinajstić information content (AvgIpc) is 2.46. The number of nitrogens with zero attached hydrogens (tertiary/aromatic N) is 2. The number of aromatic nitrogens is 1. The molecule has 3 heteroatoms. The Morgan fingerprint density at radius 2 is 1.74 bits per heavy atom. The normalized spacial score (nSPS) is 11.5. The second-order valence-corrected chi connectivity index (χ2v) is 5.26. The minimum absolute atomic E-state index is 0.794. The lowest BCUT2D eigenvalue weighted by Gasteiger charge is -2.27. The third-order valence-corrected chi connectivity index (χ3v) is 3.29. The van der Waals surface area contributed by atoms with Gasteiger partial charge in [0.2, 0.25) is 5.82 Å². The molecule has 0 aliphatic carbocycles. The lowest BCUT2D eigenvalue weighted by atomic mass is 10.2. The van der Waals surface area contributed by atoms with Gasteiger partial charge in [-0.3, -0.25) is 4.48 Å². The van der Waals surface area contributed by atoms with Crippen LogP contribution in [-0.2, 0) is 6.54 Å². The van der Waals surface area contributed by atoms with Gasteiger partial charge < -0.3 is 5.32 Å². The Labute approximate surface area is 115 Å². The molecule has 0 unspecified atom stereocenters. The van der Waals surface area contributed by atoms with E-state index in [0.29, 0.717) is 0 Å². The molecule has 0 saturated carbocycles. The third kappa shape index (κ3) is 4.16. The van der Waals surface area contributed by atoms with Gasteiger partial charge in [-0.15, -0.1) is 0 Å². The van der Waals surface area contributed by atoms with Crippen LogP contribution in [0.4, 0.5) is 5.82 Å². The van der Waals surface area contributed by atoms with Gasteiger partial charge in [0.05, 0.1) is 20.6 Å². The Balaban J connectivity index is 1.79. The predicted molar refractivity (Wildman–Crippen MR) is 80.9 cm³/mol. The molecule has 1 heterocycles. The minimum Gasteiger partial charge on any atom is -0.307 e. The number of rotatable bonds is 6. The Morgan fingerprint density at radius 3 is 2.42 bits per heavy atom. The zero-order chi connectivity index (χ0) is 13.6. The molecule has 1 aromatic heterocycles. The Hall–Kier alpha value is -1.71. The van der Waals surface area contributed by atoms with E-state index in [9.17, 15) is 0 Å². The van der Waals surface area contributed by atoms with E-state index in [-0.39, 0.29) is 0 Å². The summed E-state index contributed by atoms with van der Waals surface area (Å²) in [4.78, 5) is 4.43. The second-order valence-electron chi connectivity index (χ2n) is 5.26. The van der Waals surface area contributed by atoms with E-state index < -0.39 is 0 Å². The number of hydrogen-bond donors (Lipinski definition) is 1. The summed E-state index contributed by atoms with van der Waals surface area (Å²) in [5, 5.41) is 3.48. The molecule has 0 bridgehead atoms. The maximum Gasteiger partial charge on any atom is 0.227 e. The Kier molecular flexibility index (Phi) is 4.66. The van der Waals surface area contributed by atoms with Gasteiger partial charge >= 0.3 is 0 Å². The molecule has 3 nitrogen and oxygen atoms in total. The molecule has 0 radical (unpaired) electrons. The van der Waals surface area contributed by atoms with Crippen molar-refractivity contribution < 1.29 is 0 Å². The van der Waals surface area contributed by atoms with Crippen molar-refractivity contribution in [3.8, 4) is 0 Å². The van der Waals surface area contributed by atoms with Crippen LogP contribution in [0.25, 0.3) is 0 Å². The molecule has 1 N–H and O–H groups in total. The van der Waals surface area contributed by atoms with E-state index in [4.69, 9.17) is 0 Å². The van der Waals surface area contributed by atoms with Gasteiger partial charge in [0.15, 0.2) is 0 Å². The molecule has 100 valence electrons. The van der Waals surface area contributed by atoms with Gasteiger partial charge in [0, 0.05) is 25.4 Å². The highest BCUT2D eigenvalue weighted by Gasteiger charge is 2.18. The van der Waals surface area contributed by atoms with E-state index in [1.54, 1.807) is 0 Å². The minimum atomic E-state index is 0.794. The van der Waals surface area contributed by atoms with Gasteiger partial charge in [0.25, 0.3) is 0 Å². The fraction of sp³-hybridized carbons (Fsp3) is 0.312. The van der Waals surface area contributed by atoms with E-state index in [1.807, 2.05) is 24.4 Å². The van der Waals surface area contributed by atoms with Crippen molar-refractivity contribution >= 4 is 5.82 Å². The third-order valence-electron chi connectivity index (χ3n) is 3.29. The lowest BCUT2D eigenvalue weighted by molar-refractivity contribution is 0.381. The largest absolute Gasteiger partial charge is 0.307 e. The molecule has 2 rings (SSSR count). The standard InChI is InChI=1S/C16H22N3/c1-19(2,16-10-6-7-11-18-16)13-12-17-14-15-8-4-3-5-9-15/h3-11,17H,12-14H2,1-2H3/q+1. The molecular weight excluding hydrogens is 234 g/mol. The first-order valence-corrected chi connectivity index (χ1v) is 6.68. The molecule has 0 fully saturated rings. The molecular formula is C16H22N3+. The predicted octanol–water partition coefficient (Wildman–Crippen LogP) is 2.44. The van der Waals surface area contributed by atoms with Crippen molar-refractivity contribution in [1.29, 1.82) is 0 Å². The molecule has 0 aliphatic rings. The van der Waals surface area contributed by atoms with Gasteiger partial charge in [0.1, 0.15) is 0 Å². The zero-order valence-corrected chi connectivity index (χ0v) is 11.7. The van der Waals surface area contributed by atoms with Crippen LogP contribution in [0.3, 0.4) is 0 Å². The summed E-state index contributed by atoms with van der Waals surface area (Å²) in [7, 11) is 4.37. The highest BCUT2D eigenvalue weighted by atomic mass is 15.4. The summed E-state index contributed by atoms with van der Waals surface area (Å²) in [5.74, 6) is 1.10. The van der Waals surface area contributed by atoms with Crippen LogP contribution in [-0.4, -0.2) is 32.2 Å². The van der Waals surface area contributed by atoms with E-state index in [0.717, 1.165) is 29.9 Å². The zero-order valence-electron chi connectivity index (χ0n) is 11.7. The molecule has 0 atom stereocenters. The molecule has 1 aromatic carbocycles. The van der Waals surface area contributed by atoms with Crippen LogP contribution in [0.2, 0.25) is 0 Å². The van der Waals surface area contributed by atoms with Crippen LogP contribution >= 0.6 is 0 Å². The lowest BCUT2D eigenvalue weighted by Crippen LogP contribution is -2.45. The molecule has 0 amide bonds. The first-order chi connectivity index (χ1) is 9.18. The van der Waals surface area contributed by atoms with E-state index >= 15 is 0 Å². The number of hydrogen-bond acceptors (Lipinski definition) is 2. The Bertz CT molecular complexity index is 480. The number of quaternary nitrogens is 1. The van der Waals surface area contributed by atoms with Crippen molar-refractivity contribution in [1.82, 2.24) is 14.8 Å². The Morgan fingerprint density at radius 1 is 1.00 bits per heavy atom. The summed E-state index contributed by atoms with van der Waals surface area (Å²) in [5.41, 5.74) is 1.32. The maximum absolute atomic E-state index is 4.43. The first kappa shape index (κ1) is 13.7. The van der Waals surface area contributed by atoms with Gasteiger partial charge in [-0.2, -0.15) is 0 Å². The van der Waals surface area contributed by atoms with E-state index in [2.05, 4.69) is 54.7 Å². The molecule has 0 saturated heterocycles. The van der Waals surface area contributed by atoms with Crippen molar-refractivity contribution in [2.75, 3.05) is 27.2 Å². The number of benzene rings is 1. The van der Waals surface area contributed by atoms with Crippen LogP contribution < -0.4 is 9.80 Å². The van der Waals surface area contributed by atoms with Gasteiger partial charge in [-0.25, -0.2) is 4.98 Å². The number of nitrogens with one attached hydrogen (secondary N) is 1. The quantitative estimate of drug-likeness (QED) is 0.634. The van der Waals surface area contributed by atoms with Gasteiger partial charge in [-0.05, 0) is 11.6 Å². The maximum atomic E-state index is 4.43. The monoisotopic (exact) mass is 256 g/mol. The topological polar surface area (TPSA) is 24.9 Å². The van der Waals surface area contributed by atoms with Crippen molar-refractivity contribution in [2.45, 2.75) is 6.54 Å². The summed E-state index contributed by atoms with van der Waals surface area (Å²) in [6, 6.07) is 16.6. The smallest absolute Gasteiger partial charge is 0.227 e. The SMILES string of the molecule is C[N+](C)(CCNCc1ccccc1)c1ccccn1. The summed E-state index contributed by atoms with van der Waals surface area (Å²) < 4.78 is 0.794. The van der Waals surface area contributed by atoms with Crippen molar-refractivity contribution in [2.24, 2.45) is 0 Å². The molecule has 0 aliphatic heterocycles. The number of pyridine rings is 1. The summed E-state index contributed by atoms with van der Waals surface area (Å²) >= 11 is 0. The van der Waals surface area contributed by atoms with Crippen LogP contribution in [0, 0.1) is 0 Å². The number of likely N-dealkylation sites (N-methyl/N-ethyl adjacent to an activating group) is 1. The van der Waals surface area contributed by atoms with Crippen LogP contribution in [0.5, 0.6) is 0 Å². The fourth-order valence-electron chi connectivity index (χ4n) is 2.01. The second kappa shape index (κ2) is 6.45. The van der Waals surface area contributed by atoms with Crippen LogP contribution in [0.1, 0.15) is 5.56 Å². The summed E-state index contributed by atoms with van der Waals surface area (Å²) in [6.07, 6.45) is 1.85. The molecule has 0 spiro atoms. The van der Waals surface area contributed by atoms with E-state index in [1.165, 1.54) is 5.56 Å².